The van der Waals surface area contributed by atoms with Crippen molar-refractivity contribution in [2.75, 3.05) is 13.2 Å². The maximum absolute atomic E-state index is 5.69. The van der Waals surface area contributed by atoms with Crippen LogP contribution in [0.2, 0.25) is 0 Å². The van der Waals surface area contributed by atoms with E-state index >= 15 is 0 Å². The number of nitrogens with zero attached hydrogens (tertiary/aromatic N) is 2. The van der Waals surface area contributed by atoms with Crippen molar-refractivity contribution in [3.05, 3.63) is 18.0 Å². The van der Waals surface area contributed by atoms with Crippen LogP contribution in [0.25, 0.3) is 0 Å². The van der Waals surface area contributed by atoms with Gasteiger partial charge < -0.3 is 10.1 Å². The summed E-state index contributed by atoms with van der Waals surface area (Å²) in [5.41, 5.74) is 1.12. The van der Waals surface area contributed by atoms with E-state index in [2.05, 4.69) is 36.5 Å². The average Bonchev–Trinajstić information content (AvgIpc) is 2.88. The van der Waals surface area contributed by atoms with Gasteiger partial charge in [0.1, 0.15) is 0 Å². The van der Waals surface area contributed by atoms with Crippen molar-refractivity contribution in [1.29, 1.82) is 0 Å². The van der Waals surface area contributed by atoms with Gasteiger partial charge in [0.25, 0.3) is 0 Å². The van der Waals surface area contributed by atoms with Gasteiger partial charge >= 0.3 is 0 Å². The molecule has 1 aromatic heterocycles. The lowest BCUT2D eigenvalue weighted by Gasteiger charge is -2.22. The van der Waals surface area contributed by atoms with E-state index in [0.29, 0.717) is 12.1 Å². The summed E-state index contributed by atoms with van der Waals surface area (Å²) in [6, 6.07) is 2.58. The van der Waals surface area contributed by atoms with Crippen LogP contribution in [0, 0.1) is 0 Å². The summed E-state index contributed by atoms with van der Waals surface area (Å²) in [6.45, 7) is 7.08. The van der Waals surface area contributed by atoms with Crippen LogP contribution in [0.15, 0.2) is 12.3 Å². The first-order chi connectivity index (χ1) is 8.79. The molecule has 1 aliphatic rings. The molecule has 0 bridgehead atoms. The lowest BCUT2D eigenvalue weighted by atomic mass is 10.1. The topological polar surface area (TPSA) is 39.1 Å². The Bertz CT molecular complexity index is 345. The molecule has 1 aromatic rings. The van der Waals surface area contributed by atoms with Crippen molar-refractivity contribution in [2.45, 2.75) is 58.2 Å². The van der Waals surface area contributed by atoms with Gasteiger partial charge in [-0.3, -0.25) is 4.68 Å². The lowest BCUT2D eigenvalue weighted by molar-refractivity contribution is 0.0167. The van der Waals surface area contributed by atoms with Gasteiger partial charge in [-0.25, -0.2) is 0 Å². The SMILES string of the molecule is CCC(C)n1ccc(CNCC2CCCCO2)n1. The zero-order chi connectivity index (χ0) is 12.8. The maximum Gasteiger partial charge on any atom is 0.0762 e. The minimum atomic E-state index is 0.399. The van der Waals surface area contributed by atoms with Crippen LogP contribution in [-0.2, 0) is 11.3 Å². The second kappa shape index (κ2) is 6.90. The zero-order valence-corrected chi connectivity index (χ0v) is 11.6. The van der Waals surface area contributed by atoms with Gasteiger partial charge in [-0.2, -0.15) is 5.10 Å². The van der Waals surface area contributed by atoms with Crippen molar-refractivity contribution in [1.82, 2.24) is 15.1 Å². The molecule has 2 atom stereocenters. The molecular formula is C14H25N3O. The molecule has 0 spiro atoms. The van der Waals surface area contributed by atoms with Gasteiger partial charge in [-0.05, 0) is 38.7 Å². The summed E-state index contributed by atoms with van der Waals surface area (Å²) in [4.78, 5) is 0. The zero-order valence-electron chi connectivity index (χ0n) is 11.6. The van der Waals surface area contributed by atoms with Crippen LogP contribution in [-0.4, -0.2) is 29.0 Å². The summed E-state index contributed by atoms with van der Waals surface area (Å²) >= 11 is 0. The summed E-state index contributed by atoms with van der Waals surface area (Å²) in [5.74, 6) is 0. The standard InChI is InChI=1S/C14H25N3O/c1-3-12(2)17-8-7-13(16-17)10-15-11-14-6-4-5-9-18-14/h7-8,12,14-15H,3-6,9-11H2,1-2H3. The fraction of sp³-hybridized carbons (Fsp3) is 0.786. The Morgan fingerprint density at radius 2 is 2.44 bits per heavy atom. The molecule has 0 aliphatic carbocycles. The fourth-order valence-corrected chi connectivity index (χ4v) is 2.23. The Morgan fingerprint density at radius 3 is 3.17 bits per heavy atom. The van der Waals surface area contributed by atoms with Gasteiger partial charge in [0.05, 0.1) is 11.8 Å². The molecule has 1 aliphatic heterocycles. The fourth-order valence-electron chi connectivity index (χ4n) is 2.23. The van der Waals surface area contributed by atoms with E-state index in [0.717, 1.165) is 31.8 Å². The summed E-state index contributed by atoms with van der Waals surface area (Å²) in [7, 11) is 0. The Morgan fingerprint density at radius 1 is 1.56 bits per heavy atom. The highest BCUT2D eigenvalue weighted by Crippen LogP contribution is 2.12. The molecule has 0 radical (unpaired) electrons. The molecule has 2 rings (SSSR count). The van der Waals surface area contributed by atoms with Crippen LogP contribution >= 0.6 is 0 Å². The summed E-state index contributed by atoms with van der Waals surface area (Å²) in [6.07, 6.45) is 7.29. The Balaban J connectivity index is 1.71. The van der Waals surface area contributed by atoms with Crippen LogP contribution in [0.1, 0.15) is 51.3 Å². The third-order valence-electron chi connectivity index (χ3n) is 3.66. The van der Waals surface area contributed by atoms with Crippen LogP contribution in [0.4, 0.5) is 0 Å². The van der Waals surface area contributed by atoms with E-state index in [1.54, 1.807) is 0 Å². The third kappa shape index (κ3) is 3.82. The van der Waals surface area contributed by atoms with Crippen molar-refractivity contribution < 1.29 is 4.74 Å². The molecule has 1 N–H and O–H groups in total. The predicted octanol–water partition coefficient (Wildman–Crippen LogP) is 2.51. The van der Waals surface area contributed by atoms with Gasteiger partial charge in [-0.15, -0.1) is 0 Å². The number of aromatic nitrogens is 2. The molecule has 0 amide bonds. The first kappa shape index (κ1) is 13.6. The number of hydrogen-bond acceptors (Lipinski definition) is 3. The van der Waals surface area contributed by atoms with E-state index in [-0.39, 0.29) is 0 Å². The summed E-state index contributed by atoms with van der Waals surface area (Å²) < 4.78 is 7.74. The number of ether oxygens (including phenoxy) is 1. The molecule has 2 heterocycles. The minimum absolute atomic E-state index is 0.399. The third-order valence-corrected chi connectivity index (χ3v) is 3.66. The highest BCUT2D eigenvalue weighted by molar-refractivity contribution is 4.99. The lowest BCUT2D eigenvalue weighted by Crippen LogP contribution is -2.31. The molecule has 1 saturated heterocycles. The van der Waals surface area contributed by atoms with Gasteiger partial charge in [0.2, 0.25) is 0 Å². The van der Waals surface area contributed by atoms with E-state index in [9.17, 15) is 0 Å². The summed E-state index contributed by atoms with van der Waals surface area (Å²) in [5, 5.41) is 8.02. The first-order valence-electron chi connectivity index (χ1n) is 7.16. The molecular weight excluding hydrogens is 226 g/mol. The average molecular weight is 251 g/mol. The highest BCUT2D eigenvalue weighted by atomic mass is 16.5. The second-order valence-corrected chi connectivity index (χ2v) is 5.16. The Kier molecular flexibility index (Phi) is 5.20. The van der Waals surface area contributed by atoms with E-state index in [1.165, 1.54) is 19.3 Å². The Hall–Kier alpha value is -0.870. The molecule has 1 fully saturated rings. The molecule has 18 heavy (non-hydrogen) atoms. The Labute approximate surface area is 110 Å². The second-order valence-electron chi connectivity index (χ2n) is 5.16. The first-order valence-corrected chi connectivity index (χ1v) is 7.16. The molecule has 4 nitrogen and oxygen atoms in total. The molecule has 102 valence electrons. The van der Waals surface area contributed by atoms with Crippen LogP contribution in [0.5, 0.6) is 0 Å². The van der Waals surface area contributed by atoms with Gasteiger partial charge in [-0.1, -0.05) is 6.92 Å². The smallest absolute Gasteiger partial charge is 0.0762 e. The largest absolute Gasteiger partial charge is 0.377 e. The van der Waals surface area contributed by atoms with E-state index in [1.807, 2.05) is 4.68 Å². The van der Waals surface area contributed by atoms with Gasteiger partial charge in [0, 0.05) is 31.9 Å². The van der Waals surface area contributed by atoms with Crippen molar-refractivity contribution in [3.63, 3.8) is 0 Å². The van der Waals surface area contributed by atoms with Crippen molar-refractivity contribution in [3.8, 4) is 0 Å². The monoisotopic (exact) mass is 251 g/mol. The van der Waals surface area contributed by atoms with Gasteiger partial charge in [0.15, 0.2) is 0 Å². The van der Waals surface area contributed by atoms with Crippen LogP contribution < -0.4 is 5.32 Å². The highest BCUT2D eigenvalue weighted by Gasteiger charge is 2.13. The van der Waals surface area contributed by atoms with Crippen molar-refractivity contribution >= 4 is 0 Å². The number of hydrogen-bond donors (Lipinski definition) is 1. The van der Waals surface area contributed by atoms with Crippen LogP contribution in [0.3, 0.4) is 0 Å². The molecule has 2 unspecified atom stereocenters. The number of rotatable bonds is 6. The van der Waals surface area contributed by atoms with E-state index in [4.69, 9.17) is 4.74 Å². The number of nitrogens with one attached hydrogen (secondary N) is 1. The molecule has 4 heteroatoms. The molecule has 0 saturated carbocycles. The quantitative estimate of drug-likeness (QED) is 0.844. The predicted molar refractivity (Wildman–Crippen MR) is 72.5 cm³/mol. The minimum Gasteiger partial charge on any atom is -0.377 e. The van der Waals surface area contributed by atoms with Crippen molar-refractivity contribution in [2.24, 2.45) is 0 Å². The van der Waals surface area contributed by atoms with E-state index < -0.39 is 0 Å². The maximum atomic E-state index is 5.69. The molecule has 0 aromatic carbocycles. The normalized spacial score (nSPS) is 22.0.